The molecule has 0 aliphatic carbocycles. The van der Waals surface area contributed by atoms with Crippen molar-refractivity contribution in [2.45, 2.75) is 0 Å². The van der Waals surface area contributed by atoms with E-state index in [0.717, 1.165) is 11.4 Å². The average Bonchev–Trinajstić information content (AvgIpc) is 3.28. The molecule has 5 rings (SSSR count). The zero-order valence-electron chi connectivity index (χ0n) is 15.8. The van der Waals surface area contributed by atoms with E-state index in [4.69, 9.17) is 10.1 Å². The monoisotopic (exact) mass is 400 g/mol. The van der Waals surface area contributed by atoms with Gasteiger partial charge in [-0.05, 0) is 54.6 Å². The van der Waals surface area contributed by atoms with Gasteiger partial charge in [0, 0.05) is 5.69 Å². The minimum Gasteiger partial charge on any atom is -0.509 e. The fourth-order valence-corrected chi connectivity index (χ4v) is 3.47. The topological polar surface area (TPSA) is 85.2 Å². The molecule has 0 fully saturated rings. The van der Waals surface area contributed by atoms with Crippen LogP contribution >= 0.6 is 0 Å². The van der Waals surface area contributed by atoms with Crippen LogP contribution in [0, 0.1) is 11.2 Å². The van der Waals surface area contributed by atoms with Crippen LogP contribution in [0.3, 0.4) is 0 Å². The number of anilines is 1. The lowest BCUT2D eigenvalue weighted by Gasteiger charge is -2.19. The number of aromatic nitrogens is 2. The summed E-state index contributed by atoms with van der Waals surface area (Å²) in [6.07, 6.45) is 0. The van der Waals surface area contributed by atoms with Crippen molar-refractivity contribution in [3.05, 3.63) is 90.2 Å². The Morgan fingerprint density at radius 2 is 1.73 bits per heavy atom. The number of rotatable bonds is 4. The smallest absolute Gasteiger partial charge is 0.145 e. The van der Waals surface area contributed by atoms with E-state index in [-0.39, 0.29) is 24.0 Å². The van der Waals surface area contributed by atoms with Crippen molar-refractivity contribution in [3.63, 3.8) is 0 Å². The normalized spacial score (nSPS) is 14.0. The Morgan fingerprint density at radius 3 is 2.50 bits per heavy atom. The van der Waals surface area contributed by atoms with Gasteiger partial charge >= 0.3 is 0 Å². The van der Waals surface area contributed by atoms with Crippen LogP contribution in [0.25, 0.3) is 16.6 Å². The lowest BCUT2D eigenvalue weighted by molar-refractivity contribution is 0.411. The molecule has 0 unspecified atom stereocenters. The Morgan fingerprint density at radius 1 is 1.00 bits per heavy atom. The summed E-state index contributed by atoms with van der Waals surface area (Å²) in [5, 5.41) is 19.1. The first kappa shape index (κ1) is 17.9. The van der Waals surface area contributed by atoms with Crippen molar-refractivity contribution < 1.29 is 14.2 Å². The molecule has 2 heterocycles. The van der Waals surface area contributed by atoms with Gasteiger partial charge in [0.1, 0.15) is 34.7 Å². The predicted molar refractivity (Wildman–Crippen MR) is 114 cm³/mol. The summed E-state index contributed by atoms with van der Waals surface area (Å²) in [5.74, 6) is 1.52. The molecule has 30 heavy (non-hydrogen) atoms. The lowest BCUT2D eigenvalue weighted by Crippen LogP contribution is -2.26. The van der Waals surface area contributed by atoms with E-state index in [9.17, 15) is 9.50 Å². The minimum atomic E-state index is -0.378. The molecule has 6 nitrogen and oxygen atoms in total. The molecule has 1 aromatic heterocycles. The summed E-state index contributed by atoms with van der Waals surface area (Å²) in [5.41, 5.74) is 2.12. The number of ether oxygens (including phenoxy) is 1. The van der Waals surface area contributed by atoms with Crippen molar-refractivity contribution in [2.75, 3.05) is 11.4 Å². The summed E-state index contributed by atoms with van der Waals surface area (Å²) in [7, 11) is 0. The van der Waals surface area contributed by atoms with Gasteiger partial charge < -0.3 is 19.7 Å². The number of aliphatic hydroxyl groups excluding tert-OH is 1. The fraction of sp³-hybridized carbons (Fsp3) is 0.0435. The molecular weight excluding hydrogens is 383 g/mol. The van der Waals surface area contributed by atoms with E-state index in [2.05, 4.69) is 9.97 Å². The van der Waals surface area contributed by atoms with E-state index < -0.39 is 0 Å². The Kier molecular flexibility index (Phi) is 4.21. The van der Waals surface area contributed by atoms with Crippen molar-refractivity contribution in [2.24, 2.45) is 0 Å². The first-order valence-electron chi connectivity index (χ1n) is 9.36. The van der Waals surface area contributed by atoms with Crippen molar-refractivity contribution in [1.82, 2.24) is 9.97 Å². The van der Waals surface area contributed by atoms with Gasteiger partial charge in [-0.3, -0.25) is 5.41 Å². The highest BCUT2D eigenvalue weighted by Gasteiger charge is 2.31. The number of hydrogen-bond donors (Lipinski definition) is 3. The molecular formula is C23H17FN4O2. The largest absolute Gasteiger partial charge is 0.509 e. The van der Waals surface area contributed by atoms with Gasteiger partial charge in [0.2, 0.25) is 0 Å². The molecule has 0 amide bonds. The van der Waals surface area contributed by atoms with Crippen LogP contribution in [0.2, 0.25) is 0 Å². The third-order valence-corrected chi connectivity index (χ3v) is 4.91. The third-order valence-electron chi connectivity index (χ3n) is 4.91. The summed E-state index contributed by atoms with van der Waals surface area (Å²) in [6, 6.07) is 21.0. The number of aliphatic hydroxyl groups is 1. The third kappa shape index (κ3) is 3.16. The molecule has 3 N–H and O–H groups in total. The number of benzene rings is 3. The second-order valence-corrected chi connectivity index (χ2v) is 6.91. The van der Waals surface area contributed by atoms with E-state index in [0.29, 0.717) is 28.2 Å². The number of hydrogen-bond acceptors (Lipinski definition) is 4. The zero-order valence-corrected chi connectivity index (χ0v) is 15.8. The molecule has 0 saturated carbocycles. The maximum Gasteiger partial charge on any atom is 0.145 e. The summed E-state index contributed by atoms with van der Waals surface area (Å²) in [6.45, 7) is 0.151. The highest BCUT2D eigenvalue weighted by molar-refractivity contribution is 6.30. The Hall–Kier alpha value is -4.13. The van der Waals surface area contributed by atoms with Gasteiger partial charge in [0.15, 0.2) is 0 Å². The van der Waals surface area contributed by atoms with Gasteiger partial charge in [0.25, 0.3) is 0 Å². The van der Waals surface area contributed by atoms with Crippen LogP contribution < -0.4 is 9.64 Å². The SMILES string of the molecule is N=C1C(c2nc3ccc(F)cc3[nH]2)=C(O)CN1c1ccc(Oc2ccccc2)cc1. The standard InChI is InChI=1S/C23H17FN4O2/c24-14-6-11-18-19(12-14)27-23(26-18)21-20(29)13-28(22(21)25)15-7-9-17(10-8-15)30-16-4-2-1-3-5-16/h1-12,25,29H,13H2,(H,26,27). The number of para-hydroxylation sites is 1. The predicted octanol–water partition coefficient (Wildman–Crippen LogP) is 5.26. The first-order chi connectivity index (χ1) is 14.6. The number of nitrogens with zero attached hydrogens (tertiary/aromatic N) is 2. The molecule has 1 aliphatic heterocycles. The van der Waals surface area contributed by atoms with E-state index in [1.165, 1.54) is 12.1 Å². The Labute approximate surface area is 171 Å². The Bertz CT molecular complexity index is 1280. The number of fused-ring (bicyclic) bond motifs is 1. The number of amidine groups is 1. The number of halogens is 1. The van der Waals surface area contributed by atoms with E-state index in [1.54, 1.807) is 11.0 Å². The van der Waals surface area contributed by atoms with Crippen LogP contribution in [-0.2, 0) is 0 Å². The molecule has 148 valence electrons. The quantitative estimate of drug-likeness (QED) is 0.436. The van der Waals surface area contributed by atoms with Gasteiger partial charge in [-0.25, -0.2) is 9.37 Å². The Balaban J connectivity index is 1.38. The van der Waals surface area contributed by atoms with E-state index in [1.807, 2.05) is 54.6 Å². The molecule has 0 saturated heterocycles. The van der Waals surface area contributed by atoms with Gasteiger partial charge in [-0.1, -0.05) is 18.2 Å². The van der Waals surface area contributed by atoms with Gasteiger partial charge in [0.05, 0.1) is 23.2 Å². The van der Waals surface area contributed by atoms with E-state index >= 15 is 0 Å². The van der Waals surface area contributed by atoms with Crippen molar-refractivity contribution in [1.29, 1.82) is 5.41 Å². The van der Waals surface area contributed by atoms with Crippen LogP contribution in [0.15, 0.2) is 78.6 Å². The summed E-state index contributed by atoms with van der Waals surface area (Å²) in [4.78, 5) is 9.06. The average molecular weight is 400 g/mol. The molecule has 0 atom stereocenters. The van der Waals surface area contributed by atoms with Crippen LogP contribution in [-0.4, -0.2) is 27.5 Å². The maximum absolute atomic E-state index is 13.5. The van der Waals surface area contributed by atoms with Gasteiger partial charge in [-0.15, -0.1) is 0 Å². The lowest BCUT2D eigenvalue weighted by atomic mass is 10.2. The minimum absolute atomic E-state index is 0.0316. The number of nitrogens with one attached hydrogen (secondary N) is 2. The molecule has 0 radical (unpaired) electrons. The zero-order chi connectivity index (χ0) is 20.7. The number of imidazole rings is 1. The van der Waals surface area contributed by atoms with Crippen LogP contribution in [0.1, 0.15) is 5.82 Å². The van der Waals surface area contributed by atoms with Crippen molar-refractivity contribution >= 4 is 28.1 Å². The van der Waals surface area contributed by atoms with Crippen LogP contribution in [0.4, 0.5) is 10.1 Å². The highest BCUT2D eigenvalue weighted by Crippen LogP contribution is 2.32. The molecule has 1 aliphatic rings. The molecule has 0 bridgehead atoms. The first-order valence-corrected chi connectivity index (χ1v) is 9.36. The number of aromatic amines is 1. The second kappa shape index (κ2) is 7.04. The van der Waals surface area contributed by atoms with Crippen LogP contribution in [0.5, 0.6) is 11.5 Å². The molecule has 3 aromatic carbocycles. The second-order valence-electron chi connectivity index (χ2n) is 6.91. The summed E-state index contributed by atoms with van der Waals surface area (Å²) >= 11 is 0. The number of H-pyrrole nitrogens is 1. The molecule has 0 spiro atoms. The molecule has 7 heteroatoms. The molecule has 4 aromatic rings. The highest BCUT2D eigenvalue weighted by atomic mass is 19.1. The van der Waals surface area contributed by atoms with Gasteiger partial charge in [-0.2, -0.15) is 0 Å². The summed E-state index contributed by atoms with van der Waals surface area (Å²) < 4.78 is 19.3. The van der Waals surface area contributed by atoms with Crippen molar-refractivity contribution in [3.8, 4) is 11.5 Å². The fourth-order valence-electron chi connectivity index (χ4n) is 3.47. The maximum atomic E-state index is 13.5.